The molecule has 4 N–H and O–H groups in total. The van der Waals surface area contributed by atoms with Gasteiger partial charge in [-0.1, -0.05) is 144 Å². The van der Waals surface area contributed by atoms with Gasteiger partial charge in [-0.15, -0.1) is 0 Å². The molecule has 1 aliphatic heterocycles. The molecule has 0 bridgehead atoms. The molecule has 6 unspecified atom stereocenters. The second kappa shape index (κ2) is 38.3. The maximum atomic E-state index is 12.8. The smallest absolute Gasteiger partial charge is 0.306 e. The zero-order chi connectivity index (χ0) is 45.5. The maximum absolute atomic E-state index is 12.8. The van der Waals surface area contributed by atoms with E-state index in [2.05, 4.69) is 98.9 Å². The van der Waals surface area contributed by atoms with Crippen LogP contribution in [0.15, 0.2) is 85.1 Å². The van der Waals surface area contributed by atoms with Crippen LogP contribution in [0, 0.1) is 0 Å². The minimum Gasteiger partial charge on any atom is -0.462 e. The molecule has 12 nitrogen and oxygen atoms in total. The normalized spacial score (nSPS) is 20.6. The van der Waals surface area contributed by atoms with Crippen LogP contribution in [0.25, 0.3) is 0 Å². The summed E-state index contributed by atoms with van der Waals surface area (Å²) in [6.45, 7) is 3.50. The molecule has 1 rings (SSSR count). The lowest BCUT2D eigenvalue weighted by Crippen LogP contribution is -2.60. The highest BCUT2D eigenvalue weighted by Gasteiger charge is 2.46. The van der Waals surface area contributed by atoms with Crippen molar-refractivity contribution in [3.8, 4) is 0 Å². The number of ether oxygens (including phenoxy) is 4. The van der Waals surface area contributed by atoms with Crippen molar-refractivity contribution in [1.82, 2.24) is 0 Å². The average Bonchev–Trinajstić information content (AvgIpc) is 3.24. The summed E-state index contributed by atoms with van der Waals surface area (Å²) in [6.07, 6.45) is 40.5. The largest absolute Gasteiger partial charge is 0.462 e. The molecule has 6 atom stereocenters. The molecule has 0 spiro atoms. The molecule has 1 fully saturated rings. The van der Waals surface area contributed by atoms with E-state index in [1.165, 1.54) is 0 Å². The molecular formula is C49H80O12S. The van der Waals surface area contributed by atoms with Crippen molar-refractivity contribution >= 4 is 22.1 Å². The third kappa shape index (κ3) is 32.5. The van der Waals surface area contributed by atoms with Crippen molar-refractivity contribution in [3.63, 3.8) is 0 Å². The van der Waals surface area contributed by atoms with E-state index in [1.807, 2.05) is 0 Å². The molecule has 0 radical (unpaired) electrons. The highest BCUT2D eigenvalue weighted by atomic mass is 32.2. The first kappa shape index (κ1) is 56.8. The lowest BCUT2D eigenvalue weighted by atomic mass is 10.00. The van der Waals surface area contributed by atoms with Crippen LogP contribution in [0.3, 0.4) is 0 Å². The molecule has 0 aromatic carbocycles. The topological polar surface area (TPSA) is 186 Å². The molecule has 1 heterocycles. The number of hydrogen-bond acceptors (Lipinski definition) is 11. The van der Waals surface area contributed by atoms with Gasteiger partial charge in [0, 0.05) is 12.8 Å². The van der Waals surface area contributed by atoms with E-state index < -0.39 is 71.2 Å². The Balaban J connectivity index is 2.46. The number of aliphatic hydroxyl groups excluding tert-OH is 3. The van der Waals surface area contributed by atoms with Gasteiger partial charge in [0.05, 0.1) is 6.61 Å². The monoisotopic (exact) mass is 893 g/mol. The minimum absolute atomic E-state index is 0.139. The number of rotatable bonds is 37. The number of esters is 2. The summed E-state index contributed by atoms with van der Waals surface area (Å²) in [6, 6.07) is 0. The number of unbranched alkanes of at least 4 members (excludes halogenated alkanes) is 11. The van der Waals surface area contributed by atoms with Gasteiger partial charge in [0.2, 0.25) is 0 Å². The summed E-state index contributed by atoms with van der Waals surface area (Å²) in [4.78, 5) is 25.4. The zero-order valence-electron chi connectivity index (χ0n) is 37.7. The fourth-order valence-corrected chi connectivity index (χ4v) is 7.14. The Hall–Kier alpha value is -3.17. The van der Waals surface area contributed by atoms with Crippen LogP contribution >= 0.6 is 0 Å². The van der Waals surface area contributed by atoms with Crippen LogP contribution in [0.1, 0.15) is 155 Å². The van der Waals surface area contributed by atoms with Gasteiger partial charge in [0.1, 0.15) is 36.8 Å². The van der Waals surface area contributed by atoms with E-state index in [4.69, 9.17) is 18.9 Å². The Labute approximate surface area is 373 Å². The van der Waals surface area contributed by atoms with Gasteiger partial charge < -0.3 is 34.3 Å². The molecule has 0 aliphatic carbocycles. The Morgan fingerprint density at radius 1 is 0.548 bits per heavy atom. The molecule has 354 valence electrons. The number of carbonyl (C=O) groups is 2. The minimum atomic E-state index is -4.61. The zero-order valence-corrected chi connectivity index (χ0v) is 38.5. The van der Waals surface area contributed by atoms with Crippen molar-refractivity contribution in [2.75, 3.05) is 19.0 Å². The summed E-state index contributed by atoms with van der Waals surface area (Å²) < 4.78 is 54.1. The number of aliphatic hydroxyl groups is 3. The van der Waals surface area contributed by atoms with Crippen LogP contribution in [0.4, 0.5) is 0 Å². The molecular weight excluding hydrogens is 813 g/mol. The van der Waals surface area contributed by atoms with Gasteiger partial charge in [-0.2, -0.15) is 8.42 Å². The molecule has 1 saturated heterocycles. The highest BCUT2D eigenvalue weighted by Crippen LogP contribution is 2.24. The molecule has 62 heavy (non-hydrogen) atoms. The highest BCUT2D eigenvalue weighted by molar-refractivity contribution is 7.85. The van der Waals surface area contributed by atoms with Gasteiger partial charge in [-0.3, -0.25) is 14.1 Å². The quantitative estimate of drug-likeness (QED) is 0.0201. The van der Waals surface area contributed by atoms with Crippen LogP contribution in [0.5, 0.6) is 0 Å². The summed E-state index contributed by atoms with van der Waals surface area (Å²) in [5, 5.41) is 30.9. The summed E-state index contributed by atoms with van der Waals surface area (Å²) in [5.74, 6) is -2.04. The molecule has 1 aliphatic rings. The Kier molecular flexibility index (Phi) is 35.1. The van der Waals surface area contributed by atoms with E-state index in [0.717, 1.165) is 116 Å². The maximum Gasteiger partial charge on any atom is 0.306 e. The third-order valence-electron chi connectivity index (χ3n) is 9.97. The Morgan fingerprint density at radius 2 is 0.968 bits per heavy atom. The Bertz CT molecular complexity index is 1460. The van der Waals surface area contributed by atoms with E-state index in [0.29, 0.717) is 12.8 Å². The van der Waals surface area contributed by atoms with Gasteiger partial charge in [-0.05, 0) is 83.5 Å². The van der Waals surface area contributed by atoms with Crippen molar-refractivity contribution in [2.45, 2.75) is 192 Å². The van der Waals surface area contributed by atoms with Crippen LogP contribution in [-0.4, -0.2) is 96.0 Å². The van der Waals surface area contributed by atoms with Crippen LogP contribution in [0.2, 0.25) is 0 Å². The van der Waals surface area contributed by atoms with Crippen molar-refractivity contribution in [1.29, 1.82) is 0 Å². The van der Waals surface area contributed by atoms with Gasteiger partial charge in [-0.25, -0.2) is 0 Å². The van der Waals surface area contributed by atoms with Crippen molar-refractivity contribution in [3.05, 3.63) is 85.1 Å². The van der Waals surface area contributed by atoms with E-state index in [-0.39, 0.29) is 19.4 Å². The fraction of sp³-hybridized carbons (Fsp3) is 0.673. The lowest BCUT2D eigenvalue weighted by Gasteiger charge is -2.40. The molecule has 13 heteroatoms. The standard InChI is InChI=1S/C49H80O12S/c1-3-5-7-9-11-13-15-17-19-20-21-22-24-26-28-30-32-34-36-38-45(51)60-42(40-59-49-48(54)47(53)46(52)43(61-49)41-62(55,56)57)39-58-44(50)37-35-33-31-29-27-25-23-18-16-14-12-10-8-6-4-2/h5-8,11-14,17-19,21-23,42-43,46-49,52-54H,3-4,9-10,15-16,20,24-41H2,1-2H3,(H,55,56,57)/b7-5-,8-6-,13-11-,14-12-,19-17-,22-21-,23-18-. The number of carbonyl (C=O) groups excluding carboxylic acids is 2. The van der Waals surface area contributed by atoms with Gasteiger partial charge in [0.25, 0.3) is 10.1 Å². The predicted octanol–water partition coefficient (Wildman–Crippen LogP) is 9.67. The predicted molar refractivity (Wildman–Crippen MR) is 247 cm³/mol. The van der Waals surface area contributed by atoms with Gasteiger partial charge in [0.15, 0.2) is 12.4 Å². The fourth-order valence-electron chi connectivity index (χ4n) is 6.45. The van der Waals surface area contributed by atoms with Gasteiger partial charge >= 0.3 is 11.9 Å². The average molecular weight is 893 g/mol. The van der Waals surface area contributed by atoms with E-state index in [9.17, 15) is 37.9 Å². The third-order valence-corrected chi connectivity index (χ3v) is 10.7. The second-order valence-electron chi connectivity index (χ2n) is 15.7. The van der Waals surface area contributed by atoms with Crippen molar-refractivity contribution < 1.29 is 56.8 Å². The summed E-state index contributed by atoms with van der Waals surface area (Å²) >= 11 is 0. The van der Waals surface area contributed by atoms with Crippen molar-refractivity contribution in [2.24, 2.45) is 0 Å². The van der Waals surface area contributed by atoms with E-state index in [1.54, 1.807) is 0 Å². The number of allylic oxidation sites excluding steroid dienone is 14. The van der Waals surface area contributed by atoms with Crippen LogP contribution in [-0.2, 0) is 38.7 Å². The summed E-state index contributed by atoms with van der Waals surface area (Å²) in [5.41, 5.74) is 0. The SMILES string of the molecule is CC/C=C\C/C=C\C/C=C\C/C=C\CCCCCCCCC(=O)OC(COC(=O)CCCCCCC/C=C\C/C=C\C/C=C\CC)COC1OC(CS(=O)(=O)O)C(O)C(O)C1O. The van der Waals surface area contributed by atoms with E-state index >= 15 is 0 Å². The molecule has 0 aromatic rings. The molecule has 0 aromatic heterocycles. The molecule has 0 amide bonds. The number of hydrogen-bond donors (Lipinski definition) is 4. The molecule has 0 saturated carbocycles. The summed E-state index contributed by atoms with van der Waals surface area (Å²) in [7, 11) is -4.61. The second-order valence-corrected chi connectivity index (χ2v) is 17.1. The first-order chi connectivity index (χ1) is 30.0. The first-order valence-corrected chi connectivity index (χ1v) is 24.8. The lowest BCUT2D eigenvalue weighted by molar-refractivity contribution is -0.297. The van der Waals surface area contributed by atoms with Crippen LogP contribution < -0.4 is 0 Å². The first-order valence-electron chi connectivity index (χ1n) is 23.1. The Morgan fingerprint density at radius 3 is 1.44 bits per heavy atom.